The Hall–Kier alpha value is -4.83. The zero-order valence-electron chi connectivity index (χ0n) is 20.8. The molecule has 4 heteroatoms. The fourth-order valence-corrected chi connectivity index (χ4v) is 5.90. The van der Waals surface area contributed by atoms with Crippen LogP contribution >= 0.6 is 0 Å². The van der Waals surface area contributed by atoms with Crippen molar-refractivity contribution in [2.45, 2.75) is 12.8 Å². The number of allylic oxidation sites excluding steroid dienone is 3. The number of para-hydroxylation sites is 1. The van der Waals surface area contributed by atoms with E-state index in [1.165, 1.54) is 22.4 Å². The van der Waals surface area contributed by atoms with Gasteiger partial charge in [-0.2, -0.15) is 0 Å². The molecule has 1 aliphatic heterocycles. The van der Waals surface area contributed by atoms with Gasteiger partial charge in [-0.15, -0.1) is 0 Å². The van der Waals surface area contributed by atoms with Crippen molar-refractivity contribution < 1.29 is 4.42 Å². The summed E-state index contributed by atoms with van der Waals surface area (Å²) in [4.78, 5) is 4.83. The average Bonchev–Trinajstić information content (AvgIpc) is 3.57. The molecule has 0 saturated heterocycles. The van der Waals surface area contributed by atoms with Gasteiger partial charge in [-0.3, -0.25) is 0 Å². The lowest BCUT2D eigenvalue weighted by Gasteiger charge is -2.23. The molecule has 1 aliphatic carbocycles. The Morgan fingerprint density at radius 1 is 0.789 bits per heavy atom. The molecule has 0 fully saturated rings. The molecule has 0 unspecified atom stereocenters. The number of rotatable bonds is 3. The summed E-state index contributed by atoms with van der Waals surface area (Å²) >= 11 is 0. The van der Waals surface area contributed by atoms with Crippen LogP contribution < -0.4 is 5.32 Å². The van der Waals surface area contributed by atoms with E-state index >= 15 is 0 Å². The first-order valence-electron chi connectivity index (χ1n) is 13.2. The SMILES string of the molecule is C1=CC2=C(C=C(c3cccc(-n4c5ccccc5c5c6oc(-c7ccccc7)nc6ccc54)c3)NC2)CC1. The minimum Gasteiger partial charge on any atom is -0.435 e. The molecule has 0 spiro atoms. The number of hydrogen-bond donors (Lipinski definition) is 1. The van der Waals surface area contributed by atoms with Gasteiger partial charge in [-0.05, 0) is 78.1 Å². The highest BCUT2D eigenvalue weighted by molar-refractivity contribution is 6.19. The third-order valence-corrected chi connectivity index (χ3v) is 7.73. The first-order chi connectivity index (χ1) is 18.8. The molecule has 0 radical (unpaired) electrons. The van der Waals surface area contributed by atoms with Crippen LogP contribution in [0.3, 0.4) is 0 Å². The van der Waals surface area contributed by atoms with E-state index in [0.717, 1.165) is 63.5 Å². The monoisotopic (exact) mass is 491 g/mol. The maximum Gasteiger partial charge on any atom is 0.227 e. The molecular formula is C34H25N3O. The average molecular weight is 492 g/mol. The van der Waals surface area contributed by atoms with Crippen molar-refractivity contribution in [3.8, 4) is 17.1 Å². The lowest BCUT2D eigenvalue weighted by molar-refractivity contribution is 0.623. The van der Waals surface area contributed by atoms with Crippen molar-refractivity contribution in [2.75, 3.05) is 6.54 Å². The maximum atomic E-state index is 6.44. The Labute approximate surface area is 220 Å². The van der Waals surface area contributed by atoms with Gasteiger partial charge in [0.2, 0.25) is 5.89 Å². The minimum absolute atomic E-state index is 0.647. The van der Waals surface area contributed by atoms with Crippen molar-refractivity contribution >= 4 is 38.6 Å². The number of nitrogens with one attached hydrogen (secondary N) is 1. The minimum atomic E-state index is 0.647. The molecule has 4 aromatic carbocycles. The Morgan fingerprint density at radius 2 is 1.66 bits per heavy atom. The zero-order chi connectivity index (χ0) is 25.1. The van der Waals surface area contributed by atoms with Crippen molar-refractivity contribution in [1.82, 2.24) is 14.9 Å². The Balaban J connectivity index is 1.33. The van der Waals surface area contributed by atoms with Gasteiger partial charge in [-0.25, -0.2) is 4.98 Å². The highest BCUT2D eigenvalue weighted by atomic mass is 16.3. The first kappa shape index (κ1) is 21.3. The van der Waals surface area contributed by atoms with E-state index < -0.39 is 0 Å². The highest BCUT2D eigenvalue weighted by Gasteiger charge is 2.20. The summed E-state index contributed by atoms with van der Waals surface area (Å²) in [7, 11) is 0. The fourth-order valence-electron chi connectivity index (χ4n) is 5.90. The van der Waals surface area contributed by atoms with Gasteiger partial charge in [0.1, 0.15) is 5.52 Å². The Kier molecular flexibility index (Phi) is 4.68. The summed E-state index contributed by atoms with van der Waals surface area (Å²) in [5.41, 5.74) is 11.3. The summed E-state index contributed by atoms with van der Waals surface area (Å²) < 4.78 is 8.78. The number of benzene rings is 4. The number of oxazole rings is 1. The van der Waals surface area contributed by atoms with E-state index in [2.05, 4.69) is 88.8 Å². The Bertz CT molecular complexity index is 1970. The number of aromatic nitrogens is 2. The van der Waals surface area contributed by atoms with Crippen LogP contribution in [0.4, 0.5) is 0 Å². The fraction of sp³-hybridized carbons (Fsp3) is 0.0882. The first-order valence-corrected chi connectivity index (χ1v) is 13.2. The van der Waals surface area contributed by atoms with Crippen molar-refractivity contribution in [3.63, 3.8) is 0 Å². The third kappa shape index (κ3) is 3.27. The normalized spacial score (nSPS) is 15.2. The van der Waals surface area contributed by atoms with Gasteiger partial charge in [-0.1, -0.05) is 60.7 Å². The third-order valence-electron chi connectivity index (χ3n) is 7.73. The van der Waals surface area contributed by atoms with Crippen LogP contribution in [0.5, 0.6) is 0 Å². The molecule has 4 nitrogen and oxygen atoms in total. The van der Waals surface area contributed by atoms with Crippen LogP contribution in [0.15, 0.2) is 125 Å². The van der Waals surface area contributed by atoms with Crippen molar-refractivity contribution in [3.05, 3.63) is 126 Å². The second-order valence-corrected chi connectivity index (χ2v) is 10.00. The number of nitrogens with zero attached hydrogens (tertiary/aromatic N) is 2. The number of fused-ring (bicyclic) bond motifs is 5. The molecule has 2 aromatic heterocycles. The molecule has 0 atom stereocenters. The highest BCUT2D eigenvalue weighted by Crippen LogP contribution is 2.39. The molecule has 38 heavy (non-hydrogen) atoms. The van der Waals surface area contributed by atoms with Crippen LogP contribution in [-0.2, 0) is 0 Å². The van der Waals surface area contributed by atoms with Crippen LogP contribution in [0.1, 0.15) is 18.4 Å². The van der Waals surface area contributed by atoms with Gasteiger partial charge in [0.25, 0.3) is 0 Å². The van der Waals surface area contributed by atoms with Crippen molar-refractivity contribution in [2.24, 2.45) is 0 Å². The molecule has 0 saturated carbocycles. The molecule has 0 amide bonds. The van der Waals surface area contributed by atoms with Gasteiger partial charge < -0.3 is 14.3 Å². The maximum absolute atomic E-state index is 6.44. The topological polar surface area (TPSA) is 43.0 Å². The van der Waals surface area contributed by atoms with Gasteiger partial charge in [0.05, 0.1) is 16.4 Å². The molecule has 3 heterocycles. The summed E-state index contributed by atoms with van der Waals surface area (Å²) in [6.07, 6.45) is 9.10. The lowest BCUT2D eigenvalue weighted by atomic mass is 9.93. The molecule has 182 valence electrons. The number of hydrogen-bond acceptors (Lipinski definition) is 3. The molecule has 1 N–H and O–H groups in total. The van der Waals surface area contributed by atoms with E-state index in [1.54, 1.807) is 0 Å². The lowest BCUT2D eigenvalue weighted by Crippen LogP contribution is -2.21. The van der Waals surface area contributed by atoms with E-state index in [9.17, 15) is 0 Å². The Morgan fingerprint density at radius 3 is 2.61 bits per heavy atom. The molecule has 8 rings (SSSR count). The largest absolute Gasteiger partial charge is 0.435 e. The standard InChI is InChI=1S/C34H25N3O/c1-2-9-22(10-3-1)34-36-28-17-18-31-32(33(28)38-34)27-15-6-7-16-30(27)37(31)26-14-8-13-24(19-26)29-20-23-11-4-5-12-25(23)21-35-29/h1-3,5-10,12-20,35H,4,11,21H2. The van der Waals surface area contributed by atoms with E-state index in [0.29, 0.717) is 5.89 Å². The predicted molar refractivity (Wildman–Crippen MR) is 155 cm³/mol. The quantitative estimate of drug-likeness (QED) is 0.271. The predicted octanol–water partition coefficient (Wildman–Crippen LogP) is 8.18. The molecule has 2 aliphatic rings. The van der Waals surface area contributed by atoms with Crippen LogP contribution in [0, 0.1) is 0 Å². The van der Waals surface area contributed by atoms with E-state index in [4.69, 9.17) is 9.40 Å². The molecular weight excluding hydrogens is 466 g/mol. The smallest absolute Gasteiger partial charge is 0.227 e. The van der Waals surface area contributed by atoms with E-state index in [-0.39, 0.29) is 0 Å². The summed E-state index contributed by atoms with van der Waals surface area (Å²) in [5, 5.41) is 5.90. The molecule has 6 aromatic rings. The van der Waals surface area contributed by atoms with Crippen LogP contribution in [0.25, 0.3) is 55.7 Å². The summed E-state index contributed by atoms with van der Waals surface area (Å²) in [6.45, 7) is 0.879. The second kappa shape index (κ2) is 8.35. The molecule has 0 bridgehead atoms. The van der Waals surface area contributed by atoms with Crippen molar-refractivity contribution in [1.29, 1.82) is 0 Å². The van der Waals surface area contributed by atoms with Gasteiger partial charge in [0.15, 0.2) is 5.58 Å². The number of dihydropyridines is 1. The van der Waals surface area contributed by atoms with Crippen LogP contribution in [0.2, 0.25) is 0 Å². The zero-order valence-corrected chi connectivity index (χ0v) is 20.8. The van der Waals surface area contributed by atoms with Gasteiger partial charge >= 0.3 is 0 Å². The second-order valence-electron chi connectivity index (χ2n) is 10.00. The van der Waals surface area contributed by atoms with Gasteiger partial charge in [0, 0.05) is 28.9 Å². The summed E-state index contributed by atoms with van der Waals surface area (Å²) in [6, 6.07) is 31.7. The van der Waals surface area contributed by atoms with Crippen LogP contribution in [-0.4, -0.2) is 16.1 Å². The summed E-state index contributed by atoms with van der Waals surface area (Å²) in [5.74, 6) is 0.647. The van der Waals surface area contributed by atoms with E-state index in [1.807, 2.05) is 30.3 Å².